The first-order valence-corrected chi connectivity index (χ1v) is 9.34. The van der Waals surface area contributed by atoms with Crippen LogP contribution >= 0.6 is 0 Å². The molecule has 142 valence electrons. The molecule has 5 heteroatoms. The molecule has 0 bridgehead atoms. The van der Waals surface area contributed by atoms with Crippen LogP contribution in [0, 0.1) is 12.8 Å². The smallest absolute Gasteiger partial charge is 0.253 e. The van der Waals surface area contributed by atoms with Gasteiger partial charge in [-0.15, -0.1) is 0 Å². The van der Waals surface area contributed by atoms with Crippen LogP contribution in [-0.2, 0) is 11.3 Å². The van der Waals surface area contributed by atoms with Gasteiger partial charge >= 0.3 is 0 Å². The molecule has 2 aromatic rings. The van der Waals surface area contributed by atoms with Gasteiger partial charge in [-0.3, -0.25) is 9.59 Å². The number of hydrogen-bond donors (Lipinski definition) is 1. The van der Waals surface area contributed by atoms with E-state index in [1.54, 1.807) is 13.2 Å². The number of likely N-dealkylation sites (tertiary alicyclic amines) is 1. The summed E-state index contributed by atoms with van der Waals surface area (Å²) in [7, 11) is 1.61. The average Bonchev–Trinajstić information content (AvgIpc) is 2.72. The number of nitrogens with one attached hydrogen (secondary N) is 1. The van der Waals surface area contributed by atoms with Crippen LogP contribution in [0.4, 0.5) is 0 Å². The van der Waals surface area contributed by atoms with E-state index < -0.39 is 0 Å². The SMILES string of the molecule is COc1cc(C(=O)N2CCC(C(=O)NCc3ccccc3)CC2)ccc1C. The summed E-state index contributed by atoms with van der Waals surface area (Å²) in [4.78, 5) is 27.0. The van der Waals surface area contributed by atoms with Crippen molar-refractivity contribution in [3.05, 3.63) is 65.2 Å². The van der Waals surface area contributed by atoms with Crippen LogP contribution in [0.1, 0.15) is 34.3 Å². The first-order chi connectivity index (χ1) is 13.1. The van der Waals surface area contributed by atoms with Gasteiger partial charge in [-0.05, 0) is 43.0 Å². The number of hydrogen-bond acceptors (Lipinski definition) is 3. The summed E-state index contributed by atoms with van der Waals surface area (Å²) < 4.78 is 5.31. The molecule has 0 saturated carbocycles. The average molecular weight is 366 g/mol. The predicted octanol–water partition coefficient (Wildman–Crippen LogP) is 3.17. The Balaban J connectivity index is 1.52. The van der Waals surface area contributed by atoms with Crippen molar-refractivity contribution in [2.24, 2.45) is 5.92 Å². The second kappa shape index (κ2) is 8.71. The van der Waals surface area contributed by atoms with Crippen LogP contribution in [0.3, 0.4) is 0 Å². The number of ether oxygens (including phenoxy) is 1. The van der Waals surface area contributed by atoms with Crippen LogP contribution in [0.5, 0.6) is 5.75 Å². The van der Waals surface area contributed by atoms with Crippen molar-refractivity contribution in [2.75, 3.05) is 20.2 Å². The summed E-state index contributed by atoms with van der Waals surface area (Å²) >= 11 is 0. The molecule has 2 amide bonds. The van der Waals surface area contributed by atoms with Gasteiger partial charge in [-0.1, -0.05) is 36.4 Å². The van der Waals surface area contributed by atoms with Gasteiger partial charge in [0, 0.05) is 31.1 Å². The van der Waals surface area contributed by atoms with E-state index >= 15 is 0 Å². The third kappa shape index (κ3) is 4.67. The third-order valence-corrected chi connectivity index (χ3v) is 5.12. The number of nitrogens with zero attached hydrogens (tertiary/aromatic N) is 1. The Labute approximate surface area is 160 Å². The Hall–Kier alpha value is -2.82. The lowest BCUT2D eigenvalue weighted by molar-refractivity contribution is -0.126. The number of rotatable bonds is 5. The minimum Gasteiger partial charge on any atom is -0.496 e. The summed E-state index contributed by atoms with van der Waals surface area (Å²) in [5, 5.41) is 3.01. The molecule has 1 heterocycles. The van der Waals surface area contributed by atoms with Gasteiger partial charge in [0.15, 0.2) is 0 Å². The normalized spacial score (nSPS) is 14.7. The third-order valence-electron chi connectivity index (χ3n) is 5.12. The first-order valence-electron chi connectivity index (χ1n) is 9.34. The maximum absolute atomic E-state index is 12.7. The fraction of sp³-hybridized carbons (Fsp3) is 0.364. The van der Waals surface area contributed by atoms with Gasteiger partial charge in [0.1, 0.15) is 5.75 Å². The van der Waals surface area contributed by atoms with E-state index in [1.807, 2.05) is 54.3 Å². The van der Waals surface area contributed by atoms with Gasteiger partial charge < -0.3 is 15.0 Å². The summed E-state index contributed by atoms with van der Waals surface area (Å²) in [6.45, 7) is 3.69. The van der Waals surface area contributed by atoms with Crippen molar-refractivity contribution in [1.82, 2.24) is 10.2 Å². The topological polar surface area (TPSA) is 58.6 Å². The van der Waals surface area contributed by atoms with E-state index in [0.717, 1.165) is 16.9 Å². The number of amides is 2. The number of aryl methyl sites for hydroxylation is 1. The molecule has 2 aromatic carbocycles. The van der Waals surface area contributed by atoms with Gasteiger partial charge in [-0.2, -0.15) is 0 Å². The zero-order valence-electron chi connectivity index (χ0n) is 15.9. The molecule has 1 aliphatic rings. The molecule has 0 spiro atoms. The predicted molar refractivity (Wildman–Crippen MR) is 105 cm³/mol. The number of carbonyl (C=O) groups is 2. The lowest BCUT2D eigenvalue weighted by atomic mass is 9.95. The highest BCUT2D eigenvalue weighted by molar-refractivity contribution is 5.95. The Bertz CT molecular complexity index is 796. The van der Waals surface area contributed by atoms with Crippen LogP contribution in [0.25, 0.3) is 0 Å². The van der Waals surface area contributed by atoms with E-state index in [2.05, 4.69) is 5.32 Å². The molecule has 1 N–H and O–H groups in total. The molecule has 0 atom stereocenters. The molecule has 0 radical (unpaired) electrons. The van der Waals surface area contributed by atoms with Gasteiger partial charge in [0.2, 0.25) is 5.91 Å². The zero-order chi connectivity index (χ0) is 19.2. The number of piperidine rings is 1. The Kier molecular flexibility index (Phi) is 6.12. The van der Waals surface area contributed by atoms with Crippen LogP contribution in [0.15, 0.2) is 48.5 Å². The summed E-state index contributed by atoms with van der Waals surface area (Å²) in [5.74, 6) is 0.751. The lowest BCUT2D eigenvalue weighted by Crippen LogP contribution is -2.42. The quantitative estimate of drug-likeness (QED) is 0.884. The van der Waals surface area contributed by atoms with Gasteiger partial charge in [0.25, 0.3) is 5.91 Å². The second-order valence-electron chi connectivity index (χ2n) is 6.95. The highest BCUT2D eigenvalue weighted by Gasteiger charge is 2.27. The van der Waals surface area contributed by atoms with Crippen molar-refractivity contribution in [1.29, 1.82) is 0 Å². The van der Waals surface area contributed by atoms with Gasteiger partial charge in [0.05, 0.1) is 7.11 Å². The fourth-order valence-corrected chi connectivity index (χ4v) is 3.41. The molecule has 0 aromatic heterocycles. The summed E-state index contributed by atoms with van der Waals surface area (Å²) in [6.07, 6.45) is 1.38. The molecule has 27 heavy (non-hydrogen) atoms. The van der Waals surface area contributed by atoms with E-state index in [-0.39, 0.29) is 17.7 Å². The number of carbonyl (C=O) groups excluding carboxylic acids is 2. The molecule has 1 aliphatic heterocycles. The zero-order valence-corrected chi connectivity index (χ0v) is 15.9. The van der Waals surface area contributed by atoms with E-state index in [9.17, 15) is 9.59 Å². The highest BCUT2D eigenvalue weighted by atomic mass is 16.5. The van der Waals surface area contributed by atoms with Crippen LogP contribution < -0.4 is 10.1 Å². The molecule has 1 fully saturated rings. The van der Waals surface area contributed by atoms with Crippen molar-refractivity contribution >= 4 is 11.8 Å². The van der Waals surface area contributed by atoms with Crippen molar-refractivity contribution in [2.45, 2.75) is 26.3 Å². The Morgan fingerprint density at radius 3 is 2.48 bits per heavy atom. The molecule has 3 rings (SSSR count). The lowest BCUT2D eigenvalue weighted by Gasteiger charge is -2.31. The minimum absolute atomic E-state index is 0.00329. The largest absolute Gasteiger partial charge is 0.496 e. The van der Waals surface area contributed by atoms with Crippen molar-refractivity contribution < 1.29 is 14.3 Å². The van der Waals surface area contributed by atoms with E-state index in [0.29, 0.717) is 38.0 Å². The van der Waals surface area contributed by atoms with Crippen LogP contribution in [-0.4, -0.2) is 36.9 Å². The Morgan fingerprint density at radius 2 is 1.81 bits per heavy atom. The number of methoxy groups -OCH3 is 1. The fourth-order valence-electron chi connectivity index (χ4n) is 3.41. The van der Waals surface area contributed by atoms with Crippen molar-refractivity contribution in [3.8, 4) is 5.75 Å². The molecule has 0 unspecified atom stereocenters. The minimum atomic E-state index is -0.0367. The molecular formula is C22H26N2O3. The van der Waals surface area contributed by atoms with Gasteiger partial charge in [-0.25, -0.2) is 0 Å². The summed E-state index contributed by atoms with van der Waals surface area (Å²) in [5.41, 5.74) is 2.72. The monoisotopic (exact) mass is 366 g/mol. The maximum Gasteiger partial charge on any atom is 0.253 e. The summed E-state index contributed by atoms with van der Waals surface area (Å²) in [6, 6.07) is 15.4. The molecule has 1 saturated heterocycles. The highest BCUT2D eigenvalue weighted by Crippen LogP contribution is 2.23. The maximum atomic E-state index is 12.7. The van der Waals surface area contributed by atoms with E-state index in [1.165, 1.54) is 0 Å². The van der Waals surface area contributed by atoms with Crippen molar-refractivity contribution in [3.63, 3.8) is 0 Å². The second-order valence-corrected chi connectivity index (χ2v) is 6.95. The molecular weight excluding hydrogens is 340 g/mol. The number of benzene rings is 2. The van der Waals surface area contributed by atoms with Crippen LogP contribution in [0.2, 0.25) is 0 Å². The standard InChI is InChI=1S/C22H26N2O3/c1-16-8-9-19(14-20(16)27-2)22(26)24-12-10-18(11-13-24)21(25)23-15-17-6-4-3-5-7-17/h3-9,14,18H,10-13,15H2,1-2H3,(H,23,25). The van der Waals surface area contributed by atoms with E-state index in [4.69, 9.17) is 4.74 Å². The molecule has 5 nitrogen and oxygen atoms in total. The first kappa shape index (κ1) is 19.0. The Morgan fingerprint density at radius 1 is 1.11 bits per heavy atom. The molecule has 0 aliphatic carbocycles.